The molecule has 1 N–H and O–H groups in total. The van der Waals surface area contributed by atoms with Crippen molar-refractivity contribution in [3.05, 3.63) is 70.5 Å². The van der Waals surface area contributed by atoms with Gasteiger partial charge in [-0.1, -0.05) is 0 Å². The van der Waals surface area contributed by atoms with Gasteiger partial charge in [-0.05, 0) is 24.3 Å². The van der Waals surface area contributed by atoms with Gasteiger partial charge in [-0.2, -0.15) is 5.10 Å². The van der Waals surface area contributed by atoms with E-state index in [0.29, 0.717) is 22.4 Å². The van der Waals surface area contributed by atoms with Crippen molar-refractivity contribution in [1.29, 1.82) is 0 Å². The Balaban J connectivity index is 1.84. The number of aromatic nitrogens is 5. The van der Waals surface area contributed by atoms with Gasteiger partial charge in [0.15, 0.2) is 5.65 Å². The first kappa shape index (κ1) is 15.3. The molecule has 0 unspecified atom stereocenters. The maximum absolute atomic E-state index is 14.0. The molecule has 8 heteroatoms. The standard InChI is InChI=1S/C17H13F2N5O/c1-23-5-4-12(22-23)9-24-15-6-10(8-20-16(15)21-17(24)25)13-3-2-11(18)7-14(13)19/h2-8H,9H2,1H3,(H,20,21,25). The molecule has 0 spiro atoms. The number of rotatable bonds is 3. The number of hydrogen-bond acceptors (Lipinski definition) is 3. The fraction of sp³-hybridized carbons (Fsp3) is 0.118. The fourth-order valence-corrected chi connectivity index (χ4v) is 2.77. The zero-order valence-electron chi connectivity index (χ0n) is 13.2. The molecule has 0 saturated carbocycles. The van der Waals surface area contributed by atoms with Gasteiger partial charge in [0.2, 0.25) is 0 Å². The second-order valence-electron chi connectivity index (χ2n) is 5.71. The number of imidazole rings is 1. The van der Waals surface area contributed by atoms with Gasteiger partial charge >= 0.3 is 5.69 Å². The SMILES string of the molecule is Cn1ccc(Cn2c(=O)[nH]c3ncc(-c4ccc(F)cc4F)cc32)n1. The van der Waals surface area contributed by atoms with Gasteiger partial charge < -0.3 is 0 Å². The molecule has 6 nitrogen and oxygen atoms in total. The first-order valence-corrected chi connectivity index (χ1v) is 7.54. The molecule has 0 fully saturated rings. The molecule has 0 saturated heterocycles. The molecule has 0 radical (unpaired) electrons. The third kappa shape index (κ3) is 2.71. The van der Waals surface area contributed by atoms with Crippen LogP contribution in [0.25, 0.3) is 22.3 Å². The van der Waals surface area contributed by atoms with Crippen LogP contribution in [-0.2, 0) is 13.6 Å². The van der Waals surface area contributed by atoms with Gasteiger partial charge in [-0.15, -0.1) is 0 Å². The lowest BCUT2D eigenvalue weighted by Gasteiger charge is -2.05. The second-order valence-corrected chi connectivity index (χ2v) is 5.71. The molecule has 4 rings (SSSR count). The van der Waals surface area contributed by atoms with E-state index in [9.17, 15) is 13.6 Å². The Hall–Kier alpha value is -3.29. The highest BCUT2D eigenvalue weighted by molar-refractivity contribution is 5.78. The Kier molecular flexibility index (Phi) is 3.45. The largest absolute Gasteiger partial charge is 0.328 e. The van der Waals surface area contributed by atoms with E-state index >= 15 is 0 Å². The van der Waals surface area contributed by atoms with Crippen LogP contribution in [-0.4, -0.2) is 24.3 Å². The average Bonchev–Trinajstić information content (AvgIpc) is 3.11. The van der Waals surface area contributed by atoms with Crippen LogP contribution in [0.15, 0.2) is 47.5 Å². The molecule has 0 atom stereocenters. The van der Waals surface area contributed by atoms with E-state index in [4.69, 9.17) is 0 Å². The number of fused-ring (bicyclic) bond motifs is 1. The topological polar surface area (TPSA) is 68.5 Å². The lowest BCUT2D eigenvalue weighted by Crippen LogP contribution is -2.17. The molecule has 4 aromatic rings. The zero-order valence-corrected chi connectivity index (χ0v) is 13.2. The third-order valence-electron chi connectivity index (χ3n) is 3.96. The van der Waals surface area contributed by atoms with Gasteiger partial charge in [0.1, 0.15) is 11.6 Å². The van der Waals surface area contributed by atoms with Crippen molar-refractivity contribution in [2.45, 2.75) is 6.54 Å². The first-order valence-electron chi connectivity index (χ1n) is 7.54. The number of nitrogens with one attached hydrogen (secondary N) is 1. The molecule has 0 aliphatic rings. The molecule has 3 heterocycles. The van der Waals surface area contributed by atoms with Crippen LogP contribution >= 0.6 is 0 Å². The van der Waals surface area contributed by atoms with Crippen molar-refractivity contribution < 1.29 is 8.78 Å². The van der Waals surface area contributed by atoms with Crippen LogP contribution < -0.4 is 5.69 Å². The van der Waals surface area contributed by atoms with E-state index < -0.39 is 11.6 Å². The fourth-order valence-electron chi connectivity index (χ4n) is 2.77. The van der Waals surface area contributed by atoms with Crippen LogP contribution in [0.3, 0.4) is 0 Å². The highest BCUT2D eigenvalue weighted by Crippen LogP contribution is 2.25. The lowest BCUT2D eigenvalue weighted by molar-refractivity contribution is 0.585. The summed E-state index contributed by atoms with van der Waals surface area (Å²) in [6.07, 6.45) is 3.23. The van der Waals surface area contributed by atoms with Crippen LogP contribution in [0.5, 0.6) is 0 Å². The number of benzene rings is 1. The molecule has 0 aliphatic heterocycles. The maximum Gasteiger partial charge on any atom is 0.328 e. The summed E-state index contributed by atoms with van der Waals surface area (Å²) >= 11 is 0. The minimum absolute atomic E-state index is 0.217. The minimum atomic E-state index is -0.685. The monoisotopic (exact) mass is 341 g/mol. The number of aromatic amines is 1. The summed E-state index contributed by atoms with van der Waals surface area (Å²) in [5.74, 6) is -1.33. The Morgan fingerprint density at radius 1 is 1.20 bits per heavy atom. The van der Waals surface area contributed by atoms with Gasteiger partial charge in [0.25, 0.3) is 0 Å². The highest BCUT2D eigenvalue weighted by atomic mass is 19.1. The van der Waals surface area contributed by atoms with E-state index in [1.807, 2.05) is 6.07 Å². The zero-order chi connectivity index (χ0) is 17.6. The van der Waals surface area contributed by atoms with E-state index in [1.165, 1.54) is 22.9 Å². The summed E-state index contributed by atoms with van der Waals surface area (Å²) < 4.78 is 30.3. The van der Waals surface area contributed by atoms with E-state index in [2.05, 4.69) is 15.1 Å². The normalized spacial score (nSPS) is 11.3. The molecule has 0 bridgehead atoms. The Morgan fingerprint density at radius 3 is 2.76 bits per heavy atom. The van der Waals surface area contributed by atoms with Gasteiger partial charge in [0, 0.05) is 36.6 Å². The van der Waals surface area contributed by atoms with Crippen LogP contribution in [0.1, 0.15) is 5.69 Å². The molecule has 1 aromatic carbocycles. The number of aryl methyl sites for hydroxylation is 1. The smallest absolute Gasteiger partial charge is 0.290 e. The summed E-state index contributed by atoms with van der Waals surface area (Å²) in [6.45, 7) is 0.261. The number of halogens is 2. The summed E-state index contributed by atoms with van der Waals surface area (Å²) in [5.41, 5.74) is 1.98. The van der Waals surface area contributed by atoms with Crippen molar-refractivity contribution in [3.63, 3.8) is 0 Å². The van der Waals surface area contributed by atoms with Gasteiger partial charge in [0.05, 0.1) is 17.8 Å². The van der Waals surface area contributed by atoms with Crippen molar-refractivity contribution in [3.8, 4) is 11.1 Å². The molecule has 0 aliphatic carbocycles. The van der Waals surface area contributed by atoms with Crippen molar-refractivity contribution >= 4 is 11.2 Å². The summed E-state index contributed by atoms with van der Waals surface area (Å²) in [5, 5.41) is 4.26. The predicted molar refractivity (Wildman–Crippen MR) is 88.0 cm³/mol. The molecular formula is C17H13F2N5O. The molecular weight excluding hydrogens is 328 g/mol. The lowest BCUT2D eigenvalue weighted by atomic mass is 10.1. The van der Waals surface area contributed by atoms with Crippen molar-refractivity contribution in [2.24, 2.45) is 7.05 Å². The summed E-state index contributed by atoms with van der Waals surface area (Å²) in [6, 6.07) is 6.81. The Morgan fingerprint density at radius 2 is 2.04 bits per heavy atom. The van der Waals surface area contributed by atoms with E-state index in [-0.39, 0.29) is 17.8 Å². The van der Waals surface area contributed by atoms with E-state index in [0.717, 1.165) is 6.07 Å². The third-order valence-corrected chi connectivity index (χ3v) is 3.96. The summed E-state index contributed by atoms with van der Waals surface area (Å²) in [7, 11) is 1.79. The van der Waals surface area contributed by atoms with E-state index in [1.54, 1.807) is 24.0 Å². The van der Waals surface area contributed by atoms with Crippen LogP contribution in [0.4, 0.5) is 8.78 Å². The van der Waals surface area contributed by atoms with Crippen molar-refractivity contribution in [2.75, 3.05) is 0 Å². The second kappa shape index (κ2) is 5.66. The molecule has 126 valence electrons. The predicted octanol–water partition coefficient (Wildman–Crippen LogP) is 2.45. The summed E-state index contributed by atoms with van der Waals surface area (Å²) in [4.78, 5) is 19.1. The molecule has 25 heavy (non-hydrogen) atoms. The number of pyridine rings is 1. The number of nitrogens with zero attached hydrogens (tertiary/aromatic N) is 4. The maximum atomic E-state index is 14.0. The van der Waals surface area contributed by atoms with Gasteiger partial charge in [-0.25, -0.2) is 18.6 Å². The minimum Gasteiger partial charge on any atom is -0.290 e. The van der Waals surface area contributed by atoms with Crippen LogP contribution in [0.2, 0.25) is 0 Å². The molecule has 3 aromatic heterocycles. The molecule has 0 amide bonds. The quantitative estimate of drug-likeness (QED) is 0.622. The highest BCUT2D eigenvalue weighted by Gasteiger charge is 2.13. The van der Waals surface area contributed by atoms with Gasteiger partial charge in [-0.3, -0.25) is 14.2 Å². The number of H-pyrrole nitrogens is 1. The first-order chi connectivity index (χ1) is 12.0. The van der Waals surface area contributed by atoms with Crippen LogP contribution in [0, 0.1) is 11.6 Å². The Labute approximate surface area is 140 Å². The number of hydrogen-bond donors (Lipinski definition) is 1. The average molecular weight is 341 g/mol. The Bertz CT molecular complexity index is 1140. The van der Waals surface area contributed by atoms with Crippen molar-refractivity contribution in [1.82, 2.24) is 24.3 Å².